The second-order valence-corrected chi connectivity index (χ2v) is 3.75. The molecule has 0 aromatic rings. The lowest BCUT2D eigenvalue weighted by Gasteiger charge is -1.98. The Balaban J connectivity index is 2.18. The Hall–Kier alpha value is -0.520. The van der Waals surface area contributed by atoms with Crippen molar-refractivity contribution in [1.82, 2.24) is 0 Å². The van der Waals surface area contributed by atoms with Gasteiger partial charge in [-0.05, 0) is 25.7 Å². The summed E-state index contributed by atoms with van der Waals surface area (Å²) in [6, 6.07) is 0. The van der Waals surface area contributed by atoms with Crippen molar-refractivity contribution >= 4 is 0 Å². The van der Waals surface area contributed by atoms with E-state index in [9.17, 15) is 0 Å². The Morgan fingerprint density at radius 2 is 1.00 bits per heavy atom. The summed E-state index contributed by atoms with van der Waals surface area (Å²) in [5, 5.41) is 0. The van der Waals surface area contributed by atoms with Crippen molar-refractivity contribution < 1.29 is 0 Å². The molecule has 0 spiro atoms. The van der Waals surface area contributed by atoms with Gasteiger partial charge in [0.2, 0.25) is 0 Å². The minimum Gasteiger partial charge on any atom is -0.0879 e. The molecule has 0 heterocycles. The van der Waals surface area contributed by atoms with Crippen LogP contribution in [0.2, 0.25) is 0 Å². The Morgan fingerprint density at radius 1 is 0.538 bits per heavy atom. The zero-order chi connectivity index (χ0) is 9.19. The maximum absolute atomic E-state index is 2.28. The first-order valence-corrected chi connectivity index (χ1v) is 5.65. The van der Waals surface area contributed by atoms with Crippen molar-refractivity contribution in [3.05, 3.63) is 30.7 Å². The van der Waals surface area contributed by atoms with E-state index in [2.05, 4.69) is 30.7 Å². The van der Waals surface area contributed by atoms with Crippen LogP contribution >= 0.6 is 0 Å². The molecule has 0 bridgehead atoms. The van der Waals surface area contributed by atoms with Crippen LogP contribution < -0.4 is 0 Å². The molecule has 73 valence electrons. The first-order valence-electron chi connectivity index (χ1n) is 5.65. The van der Waals surface area contributed by atoms with Gasteiger partial charge in [0.1, 0.15) is 0 Å². The zero-order valence-electron chi connectivity index (χ0n) is 8.54. The minimum atomic E-state index is 1.25. The molecule has 0 N–H and O–H groups in total. The van der Waals surface area contributed by atoms with Crippen LogP contribution in [-0.4, -0.2) is 0 Å². The van der Waals surface area contributed by atoms with Gasteiger partial charge in [0.25, 0.3) is 0 Å². The number of hydrogen-bond donors (Lipinski definition) is 0. The lowest BCUT2D eigenvalue weighted by Crippen LogP contribution is -1.78. The predicted octanol–water partition coefficient (Wildman–Crippen LogP) is 4.44. The maximum atomic E-state index is 2.28. The SMILES string of the molecule is [CH]1/C=C/CCCCCCCC/C=C/1. The number of allylic oxidation sites excluding steroid dienone is 4. The standard InChI is InChI=1S/C13H21/c1-2-4-6-8-10-12-13-11-9-7-5-3-1/h1-5H,6-13H2/b4-2+,5-3+. The lowest BCUT2D eigenvalue weighted by atomic mass is 10.1. The average molecular weight is 177 g/mol. The van der Waals surface area contributed by atoms with E-state index in [0.29, 0.717) is 0 Å². The Morgan fingerprint density at radius 3 is 1.54 bits per heavy atom. The van der Waals surface area contributed by atoms with E-state index in [-0.39, 0.29) is 0 Å². The highest BCUT2D eigenvalue weighted by Gasteiger charge is 1.90. The summed E-state index contributed by atoms with van der Waals surface area (Å²) in [4.78, 5) is 0. The largest absolute Gasteiger partial charge is 0.0879 e. The van der Waals surface area contributed by atoms with Crippen molar-refractivity contribution in [3.8, 4) is 0 Å². The summed E-state index contributed by atoms with van der Waals surface area (Å²) in [6.45, 7) is 0. The maximum Gasteiger partial charge on any atom is 0.00441 e. The van der Waals surface area contributed by atoms with Crippen LogP contribution in [0.3, 0.4) is 0 Å². The molecule has 13 heavy (non-hydrogen) atoms. The van der Waals surface area contributed by atoms with Crippen molar-refractivity contribution in [1.29, 1.82) is 0 Å². The first-order chi connectivity index (χ1) is 6.50. The Labute approximate surface area is 82.7 Å². The molecule has 1 aliphatic rings. The van der Waals surface area contributed by atoms with Gasteiger partial charge in [-0.15, -0.1) is 0 Å². The van der Waals surface area contributed by atoms with Crippen molar-refractivity contribution in [2.75, 3.05) is 0 Å². The smallest absolute Gasteiger partial charge is 0.00441 e. The fourth-order valence-corrected chi connectivity index (χ4v) is 1.65. The van der Waals surface area contributed by atoms with Crippen LogP contribution in [0.1, 0.15) is 51.4 Å². The van der Waals surface area contributed by atoms with Gasteiger partial charge in [0.15, 0.2) is 0 Å². The van der Waals surface area contributed by atoms with Gasteiger partial charge in [0, 0.05) is 6.42 Å². The summed E-state index contributed by atoms with van der Waals surface area (Å²) in [5.41, 5.74) is 0. The first kappa shape index (κ1) is 10.6. The van der Waals surface area contributed by atoms with Gasteiger partial charge in [-0.1, -0.05) is 50.0 Å². The molecule has 0 aromatic carbocycles. The van der Waals surface area contributed by atoms with Crippen LogP contribution in [0.25, 0.3) is 0 Å². The summed E-state index contributed by atoms with van der Waals surface area (Å²) in [7, 11) is 0. The molecule has 0 saturated carbocycles. The molecule has 0 saturated heterocycles. The van der Waals surface area contributed by atoms with Crippen molar-refractivity contribution in [2.24, 2.45) is 0 Å². The number of rotatable bonds is 0. The molecule has 0 fully saturated rings. The third kappa shape index (κ3) is 6.62. The molecule has 0 aliphatic heterocycles. The van der Waals surface area contributed by atoms with Gasteiger partial charge in [0.05, 0.1) is 0 Å². The third-order valence-corrected chi connectivity index (χ3v) is 2.49. The fourth-order valence-electron chi connectivity index (χ4n) is 1.65. The van der Waals surface area contributed by atoms with Crippen molar-refractivity contribution in [3.63, 3.8) is 0 Å². The summed E-state index contributed by atoms with van der Waals surface area (Å²) >= 11 is 0. The topological polar surface area (TPSA) is 0 Å². The van der Waals surface area contributed by atoms with Crippen LogP contribution in [0.4, 0.5) is 0 Å². The summed E-state index contributed by atoms with van der Waals surface area (Å²) in [5.74, 6) is 0. The lowest BCUT2D eigenvalue weighted by molar-refractivity contribution is 0.600. The highest BCUT2D eigenvalue weighted by molar-refractivity contribution is 5.08. The van der Waals surface area contributed by atoms with Crippen LogP contribution in [-0.2, 0) is 0 Å². The number of hydrogen-bond acceptors (Lipinski definition) is 0. The molecule has 0 nitrogen and oxygen atoms in total. The molecule has 0 heteroatoms. The van der Waals surface area contributed by atoms with Gasteiger partial charge in [-0.25, -0.2) is 0 Å². The Bertz CT molecular complexity index is 135. The van der Waals surface area contributed by atoms with Crippen LogP contribution in [0.5, 0.6) is 0 Å². The van der Waals surface area contributed by atoms with Crippen LogP contribution in [0, 0.1) is 6.42 Å². The van der Waals surface area contributed by atoms with Gasteiger partial charge in [-0.3, -0.25) is 0 Å². The van der Waals surface area contributed by atoms with E-state index in [0.717, 1.165) is 0 Å². The van der Waals surface area contributed by atoms with Crippen molar-refractivity contribution in [2.45, 2.75) is 51.4 Å². The summed E-state index contributed by atoms with van der Waals surface area (Å²) < 4.78 is 0. The van der Waals surface area contributed by atoms with Gasteiger partial charge in [-0.2, -0.15) is 0 Å². The molecule has 1 aliphatic carbocycles. The predicted molar refractivity (Wildman–Crippen MR) is 59.5 cm³/mol. The van der Waals surface area contributed by atoms with E-state index in [1.807, 2.05) is 0 Å². The summed E-state index contributed by atoms with van der Waals surface area (Å²) in [6.07, 6.45) is 22.0. The minimum absolute atomic E-state index is 1.25. The normalized spacial score (nSPS) is 26.5. The third-order valence-electron chi connectivity index (χ3n) is 2.49. The fraction of sp³-hybridized carbons (Fsp3) is 0.615. The van der Waals surface area contributed by atoms with E-state index in [4.69, 9.17) is 0 Å². The molecular formula is C13H21. The molecule has 0 unspecified atom stereocenters. The van der Waals surface area contributed by atoms with Crippen LogP contribution in [0.15, 0.2) is 24.3 Å². The van der Waals surface area contributed by atoms with E-state index in [1.54, 1.807) is 0 Å². The van der Waals surface area contributed by atoms with E-state index >= 15 is 0 Å². The van der Waals surface area contributed by atoms with E-state index < -0.39 is 0 Å². The van der Waals surface area contributed by atoms with Gasteiger partial charge >= 0.3 is 0 Å². The quantitative estimate of drug-likeness (QED) is 0.513. The van der Waals surface area contributed by atoms with E-state index in [1.165, 1.54) is 51.4 Å². The molecule has 0 atom stereocenters. The molecular weight excluding hydrogens is 156 g/mol. The average Bonchev–Trinajstić information content (AvgIpc) is 2.18. The van der Waals surface area contributed by atoms with Gasteiger partial charge < -0.3 is 0 Å². The molecule has 1 radical (unpaired) electrons. The zero-order valence-corrected chi connectivity index (χ0v) is 8.54. The molecule has 0 aromatic heterocycles. The highest BCUT2D eigenvalue weighted by atomic mass is 14.0. The molecule has 1 rings (SSSR count). The second kappa shape index (κ2) is 8.10. The Kier molecular flexibility index (Phi) is 6.58. The second-order valence-electron chi connectivity index (χ2n) is 3.75. The highest BCUT2D eigenvalue weighted by Crippen LogP contribution is 2.10. The molecule has 0 amide bonds. The monoisotopic (exact) mass is 177 g/mol.